The molecule has 0 unspecified atom stereocenters. The highest BCUT2D eigenvalue weighted by molar-refractivity contribution is 14.1. The van der Waals surface area contributed by atoms with E-state index in [1.807, 2.05) is 18.2 Å². The van der Waals surface area contributed by atoms with Crippen molar-refractivity contribution in [2.75, 3.05) is 0 Å². The van der Waals surface area contributed by atoms with Gasteiger partial charge in [-0.25, -0.2) is 4.98 Å². The first kappa shape index (κ1) is 12.6. The SMILES string of the molecule is Cc1cc(C#Cc2ccc(C#N)cn2)ccc1I. The zero-order valence-electron chi connectivity index (χ0n) is 9.74. The molecule has 1 heterocycles. The molecule has 0 amide bonds. The van der Waals surface area contributed by atoms with Gasteiger partial charge in [0.25, 0.3) is 0 Å². The molecule has 2 rings (SSSR count). The molecule has 2 aromatic rings. The van der Waals surface area contributed by atoms with Gasteiger partial charge in [-0.2, -0.15) is 5.26 Å². The Kier molecular flexibility index (Phi) is 3.96. The van der Waals surface area contributed by atoms with Crippen LogP contribution in [0.1, 0.15) is 22.4 Å². The molecule has 2 nitrogen and oxygen atoms in total. The second-order valence-electron chi connectivity index (χ2n) is 3.76. The topological polar surface area (TPSA) is 36.7 Å². The molecule has 0 aliphatic heterocycles. The third-order valence-corrected chi connectivity index (χ3v) is 3.60. The Hall–Kier alpha value is -1.85. The zero-order chi connectivity index (χ0) is 13.0. The molecule has 0 fully saturated rings. The molecule has 3 heteroatoms. The van der Waals surface area contributed by atoms with Gasteiger partial charge in [0.05, 0.1) is 5.56 Å². The molecule has 1 aromatic carbocycles. The molecule has 0 N–H and O–H groups in total. The summed E-state index contributed by atoms with van der Waals surface area (Å²) in [6.45, 7) is 2.06. The highest BCUT2D eigenvalue weighted by Gasteiger charge is 1.95. The van der Waals surface area contributed by atoms with Gasteiger partial charge in [0.15, 0.2) is 0 Å². The van der Waals surface area contributed by atoms with Crippen LogP contribution in [0.15, 0.2) is 36.5 Å². The van der Waals surface area contributed by atoms with Crippen molar-refractivity contribution in [3.05, 3.63) is 62.5 Å². The molecule has 0 aliphatic carbocycles. The van der Waals surface area contributed by atoms with Gasteiger partial charge in [-0.05, 0) is 71.3 Å². The van der Waals surface area contributed by atoms with E-state index in [9.17, 15) is 0 Å². The Bertz CT molecular complexity index is 670. The minimum absolute atomic E-state index is 0.547. The third kappa shape index (κ3) is 3.09. The molecule has 0 bridgehead atoms. The number of halogens is 1. The lowest BCUT2D eigenvalue weighted by molar-refractivity contribution is 1.27. The molecular formula is C15H9IN2. The minimum atomic E-state index is 0.547. The molecule has 0 saturated heterocycles. The van der Waals surface area contributed by atoms with Crippen LogP contribution in [0.2, 0.25) is 0 Å². The van der Waals surface area contributed by atoms with Crippen molar-refractivity contribution in [2.45, 2.75) is 6.92 Å². The number of aromatic nitrogens is 1. The van der Waals surface area contributed by atoms with Crippen LogP contribution in [-0.2, 0) is 0 Å². The lowest BCUT2D eigenvalue weighted by Crippen LogP contribution is -1.85. The minimum Gasteiger partial charge on any atom is -0.246 e. The largest absolute Gasteiger partial charge is 0.246 e. The molecule has 0 radical (unpaired) electrons. The van der Waals surface area contributed by atoms with Crippen molar-refractivity contribution in [1.29, 1.82) is 5.26 Å². The van der Waals surface area contributed by atoms with E-state index in [2.05, 4.69) is 52.4 Å². The van der Waals surface area contributed by atoms with E-state index in [4.69, 9.17) is 5.26 Å². The first-order valence-electron chi connectivity index (χ1n) is 5.33. The Morgan fingerprint density at radius 1 is 1.11 bits per heavy atom. The summed E-state index contributed by atoms with van der Waals surface area (Å²) in [7, 11) is 0. The average Bonchev–Trinajstić information content (AvgIpc) is 2.41. The molecule has 86 valence electrons. The number of nitrogens with zero attached hydrogens (tertiary/aromatic N) is 2. The van der Waals surface area contributed by atoms with E-state index >= 15 is 0 Å². The van der Waals surface area contributed by atoms with Crippen LogP contribution in [0.4, 0.5) is 0 Å². The fourth-order valence-electron chi connectivity index (χ4n) is 1.39. The van der Waals surface area contributed by atoms with E-state index < -0.39 is 0 Å². The van der Waals surface area contributed by atoms with E-state index in [0.717, 1.165) is 5.56 Å². The number of nitriles is 1. The average molecular weight is 344 g/mol. The van der Waals surface area contributed by atoms with Crippen LogP contribution in [0.25, 0.3) is 0 Å². The molecule has 18 heavy (non-hydrogen) atoms. The van der Waals surface area contributed by atoms with Gasteiger partial charge in [0, 0.05) is 15.3 Å². The number of hydrogen-bond acceptors (Lipinski definition) is 2. The lowest BCUT2D eigenvalue weighted by Gasteiger charge is -1.97. The van der Waals surface area contributed by atoms with Gasteiger partial charge in [0.2, 0.25) is 0 Å². The number of pyridine rings is 1. The van der Waals surface area contributed by atoms with Crippen LogP contribution < -0.4 is 0 Å². The Labute approximate surface area is 120 Å². The highest BCUT2D eigenvalue weighted by Crippen LogP contribution is 2.12. The monoisotopic (exact) mass is 344 g/mol. The summed E-state index contributed by atoms with van der Waals surface area (Å²) < 4.78 is 1.23. The Balaban J connectivity index is 2.25. The zero-order valence-corrected chi connectivity index (χ0v) is 11.9. The quantitative estimate of drug-likeness (QED) is 0.543. The van der Waals surface area contributed by atoms with Gasteiger partial charge in [-0.15, -0.1) is 0 Å². The summed E-state index contributed by atoms with van der Waals surface area (Å²) >= 11 is 2.30. The first-order valence-corrected chi connectivity index (χ1v) is 6.41. The molecular weight excluding hydrogens is 335 g/mol. The predicted molar refractivity (Wildman–Crippen MR) is 78.8 cm³/mol. The van der Waals surface area contributed by atoms with Crippen molar-refractivity contribution in [2.24, 2.45) is 0 Å². The molecule has 0 atom stereocenters. The fourth-order valence-corrected chi connectivity index (χ4v) is 1.73. The van der Waals surface area contributed by atoms with Crippen LogP contribution in [-0.4, -0.2) is 4.98 Å². The smallest absolute Gasteiger partial charge is 0.113 e. The van der Waals surface area contributed by atoms with Crippen molar-refractivity contribution in [1.82, 2.24) is 4.98 Å². The maximum absolute atomic E-state index is 8.67. The maximum atomic E-state index is 8.67. The summed E-state index contributed by atoms with van der Waals surface area (Å²) in [5.74, 6) is 6.05. The summed E-state index contributed by atoms with van der Waals surface area (Å²) in [5, 5.41) is 8.67. The van der Waals surface area contributed by atoms with Crippen molar-refractivity contribution in [3.63, 3.8) is 0 Å². The Morgan fingerprint density at radius 3 is 2.50 bits per heavy atom. The summed E-state index contributed by atoms with van der Waals surface area (Å²) in [6, 6.07) is 11.6. The van der Waals surface area contributed by atoms with Gasteiger partial charge in [0.1, 0.15) is 11.8 Å². The van der Waals surface area contributed by atoms with Crippen LogP contribution >= 0.6 is 22.6 Å². The van der Waals surface area contributed by atoms with E-state index in [1.165, 1.54) is 15.3 Å². The highest BCUT2D eigenvalue weighted by atomic mass is 127. The molecule has 0 aliphatic rings. The van der Waals surface area contributed by atoms with Gasteiger partial charge in [-0.1, -0.05) is 5.92 Å². The first-order chi connectivity index (χ1) is 8.69. The van der Waals surface area contributed by atoms with Crippen molar-refractivity contribution >= 4 is 22.6 Å². The normalized spacial score (nSPS) is 9.17. The van der Waals surface area contributed by atoms with Crippen LogP contribution in [0.3, 0.4) is 0 Å². The summed E-state index contributed by atoms with van der Waals surface area (Å²) in [5.41, 5.74) is 3.41. The van der Waals surface area contributed by atoms with Crippen LogP contribution in [0.5, 0.6) is 0 Å². The van der Waals surface area contributed by atoms with Gasteiger partial charge >= 0.3 is 0 Å². The number of benzene rings is 1. The van der Waals surface area contributed by atoms with E-state index in [1.54, 1.807) is 12.1 Å². The lowest BCUT2D eigenvalue weighted by atomic mass is 10.1. The molecule has 1 aromatic heterocycles. The second kappa shape index (κ2) is 5.66. The third-order valence-electron chi connectivity index (χ3n) is 2.39. The summed E-state index contributed by atoms with van der Waals surface area (Å²) in [4.78, 5) is 4.11. The standard InChI is InChI=1S/C15H9IN2/c1-11-8-12(4-7-15(11)16)2-5-14-6-3-13(9-17)10-18-14/h3-4,6-8,10H,1H3. The number of hydrogen-bond donors (Lipinski definition) is 0. The van der Waals surface area contributed by atoms with Crippen LogP contribution in [0, 0.1) is 33.7 Å². The number of rotatable bonds is 0. The Morgan fingerprint density at radius 2 is 1.89 bits per heavy atom. The maximum Gasteiger partial charge on any atom is 0.113 e. The van der Waals surface area contributed by atoms with E-state index in [-0.39, 0.29) is 0 Å². The van der Waals surface area contributed by atoms with E-state index in [0.29, 0.717) is 11.3 Å². The number of aryl methyl sites for hydroxylation is 1. The molecule has 0 spiro atoms. The van der Waals surface area contributed by atoms with Gasteiger partial charge in [-0.3, -0.25) is 0 Å². The van der Waals surface area contributed by atoms with Gasteiger partial charge < -0.3 is 0 Å². The second-order valence-corrected chi connectivity index (χ2v) is 4.92. The fraction of sp³-hybridized carbons (Fsp3) is 0.0667. The molecule has 0 saturated carbocycles. The van der Waals surface area contributed by atoms with Crippen molar-refractivity contribution < 1.29 is 0 Å². The van der Waals surface area contributed by atoms with Crippen molar-refractivity contribution in [3.8, 4) is 17.9 Å². The predicted octanol–water partition coefficient (Wildman–Crippen LogP) is 3.27. The summed E-state index contributed by atoms with van der Waals surface area (Å²) in [6.07, 6.45) is 1.53.